The van der Waals surface area contributed by atoms with Crippen LogP contribution in [-0.2, 0) is 34.0 Å². The number of benzene rings is 2. The maximum atomic E-state index is 12.7. The molecule has 6 aliphatic rings. The summed E-state index contributed by atoms with van der Waals surface area (Å²) in [5, 5.41) is 21.4. The number of hydrogen-bond acceptors (Lipinski definition) is 20. The van der Waals surface area contributed by atoms with Gasteiger partial charge in [-0.15, -0.1) is 0 Å². The quantitative estimate of drug-likeness (QED) is 0.0950. The molecule has 0 spiro atoms. The number of nitrogens with two attached hydrogens (primary N) is 3. The molecule has 2 aliphatic carbocycles. The molecule has 4 saturated heterocycles. The minimum absolute atomic E-state index is 0.00671. The van der Waals surface area contributed by atoms with E-state index in [1.165, 1.54) is 36.7 Å². The third kappa shape index (κ3) is 14.1. The number of ether oxygens (including phenoxy) is 1. The summed E-state index contributed by atoms with van der Waals surface area (Å²) in [6.45, 7) is 11.2. The molecule has 25 nitrogen and oxygen atoms in total. The minimum atomic E-state index is -3.32. The van der Waals surface area contributed by atoms with Crippen LogP contribution in [0.1, 0.15) is 67.4 Å². The molecule has 27 heteroatoms. The standard InChI is InChI=1S/C23H29N7O4S.C17H22N6O3S.C11H17NO4/c1-35(33,34)15-6-4-13(5-7-15)27-22-20(21(24)31)26-11-18(29-22)30-8-2-3-14(12-30)28-23(32)19-16-9-25-10-17(16)19;1-27(25,26)13-6-4-12(5-7-13)21-17-15(16(19)24)20-9-14(22-17)23-8-2-3-11(18)10-23;1-11(2,3)16-10(15)12-4-6-7(5-12)8(6)9(13)14/h4-7,11,14,16-17,19,25H,2-3,8-10,12H2,1H3,(H2,24,31)(H,27,29)(H,28,32);4-7,9,11H,2-3,8,10,18H2,1H3,(H2,19,24)(H,21,22);6-8H,4-5H2,1-3H3,(H,13,14). The van der Waals surface area contributed by atoms with Crippen molar-refractivity contribution in [3.05, 3.63) is 72.3 Å². The molecular formula is C51H68N14O11S2. The van der Waals surface area contributed by atoms with Gasteiger partial charge in [0.15, 0.2) is 42.7 Å². The highest BCUT2D eigenvalue weighted by Crippen LogP contribution is 2.52. The third-order valence-electron chi connectivity index (χ3n) is 14.5. The van der Waals surface area contributed by atoms with Gasteiger partial charge in [0, 0.05) is 81.2 Å². The van der Waals surface area contributed by atoms with Gasteiger partial charge in [-0.25, -0.2) is 41.6 Å². The van der Waals surface area contributed by atoms with Crippen LogP contribution in [-0.4, -0.2) is 159 Å². The second kappa shape index (κ2) is 23.0. The number of amides is 4. The van der Waals surface area contributed by atoms with Gasteiger partial charge in [0.2, 0.25) is 5.91 Å². The summed E-state index contributed by atoms with van der Waals surface area (Å²) in [5.74, 6) is 0.665. The van der Waals surface area contributed by atoms with Gasteiger partial charge in [0.1, 0.15) is 17.2 Å². The van der Waals surface area contributed by atoms with Gasteiger partial charge >= 0.3 is 12.1 Å². The Morgan fingerprint density at radius 2 is 1.14 bits per heavy atom. The van der Waals surface area contributed by atoms with Crippen LogP contribution in [0.15, 0.2) is 70.7 Å². The SMILES string of the molecule is CC(C)(C)OC(=O)N1CC2C(C1)C2C(=O)O.CS(=O)(=O)c1ccc(Nc2nc(N3CCCC(N)C3)cnc2C(N)=O)cc1.CS(=O)(=O)c1ccc(Nc2nc(N3CCCC(NC(=O)C4C5CNCC54)C3)cnc2C(N)=O)cc1. The summed E-state index contributed by atoms with van der Waals surface area (Å²) >= 11 is 0. The number of nitrogens with one attached hydrogen (secondary N) is 4. The minimum Gasteiger partial charge on any atom is -0.481 e. The fourth-order valence-electron chi connectivity index (χ4n) is 10.4. The Kier molecular flexibility index (Phi) is 16.8. The fourth-order valence-corrected chi connectivity index (χ4v) is 11.7. The first kappa shape index (κ1) is 57.0. The van der Waals surface area contributed by atoms with Gasteiger partial charge in [-0.3, -0.25) is 19.2 Å². The highest BCUT2D eigenvalue weighted by atomic mass is 32.2. The van der Waals surface area contributed by atoms with E-state index in [1.54, 1.807) is 29.2 Å². The number of aliphatic carboxylic acids is 1. The third-order valence-corrected chi connectivity index (χ3v) is 16.7. The molecule has 0 bridgehead atoms. The van der Waals surface area contributed by atoms with E-state index in [-0.39, 0.29) is 80.6 Å². The Bertz CT molecular complexity index is 3120. The number of likely N-dealkylation sites (tertiary alicyclic amines) is 1. The predicted molar refractivity (Wildman–Crippen MR) is 289 cm³/mol. The van der Waals surface area contributed by atoms with E-state index in [9.17, 15) is 40.8 Å². The van der Waals surface area contributed by atoms with E-state index >= 15 is 0 Å². The molecule has 2 saturated carbocycles. The number of hydrogen-bond donors (Lipinski definition) is 8. The van der Waals surface area contributed by atoms with Crippen LogP contribution in [0.25, 0.3) is 0 Å². The maximum Gasteiger partial charge on any atom is 0.410 e. The van der Waals surface area contributed by atoms with Crippen molar-refractivity contribution >= 4 is 84.1 Å². The van der Waals surface area contributed by atoms with Gasteiger partial charge in [0.05, 0.1) is 28.1 Å². The monoisotopic (exact) mass is 1120 g/mol. The molecule has 2 aromatic carbocycles. The lowest BCUT2D eigenvalue weighted by atomic mass is 10.1. The summed E-state index contributed by atoms with van der Waals surface area (Å²) in [6, 6.07) is 12.3. The zero-order valence-electron chi connectivity index (χ0n) is 44.1. The molecule has 0 radical (unpaired) electrons. The number of primary amides is 2. The second-order valence-corrected chi connectivity index (χ2v) is 25.7. The summed E-state index contributed by atoms with van der Waals surface area (Å²) < 4.78 is 51.8. The van der Waals surface area contributed by atoms with Crippen molar-refractivity contribution in [2.45, 2.75) is 73.9 Å². The summed E-state index contributed by atoms with van der Waals surface area (Å²) in [6.07, 6.45) is 8.67. The first-order valence-electron chi connectivity index (χ1n) is 25.7. The van der Waals surface area contributed by atoms with Crippen LogP contribution in [0.4, 0.5) is 39.4 Å². The Balaban J connectivity index is 0.000000165. The van der Waals surface area contributed by atoms with Crippen LogP contribution < -0.4 is 48.3 Å². The molecule has 4 aromatic rings. The highest BCUT2D eigenvalue weighted by Gasteiger charge is 2.61. The van der Waals surface area contributed by atoms with E-state index in [0.29, 0.717) is 61.0 Å². The first-order valence-corrected chi connectivity index (χ1v) is 29.5. The van der Waals surface area contributed by atoms with Crippen molar-refractivity contribution in [1.29, 1.82) is 0 Å². The van der Waals surface area contributed by atoms with Crippen LogP contribution in [0.5, 0.6) is 0 Å². The fraction of sp³-hybridized carbons (Fsp3) is 0.510. The molecule has 6 atom stereocenters. The van der Waals surface area contributed by atoms with E-state index in [4.69, 9.17) is 27.0 Å². The van der Waals surface area contributed by atoms with Crippen molar-refractivity contribution in [1.82, 2.24) is 35.5 Å². The van der Waals surface area contributed by atoms with Gasteiger partial charge in [-0.1, -0.05) is 0 Å². The number of carboxylic acid groups (broad SMARTS) is 1. The second-order valence-electron chi connectivity index (χ2n) is 21.7. The lowest BCUT2D eigenvalue weighted by Crippen LogP contribution is -2.49. The average molecular weight is 1120 g/mol. The largest absolute Gasteiger partial charge is 0.481 e. The van der Waals surface area contributed by atoms with E-state index < -0.39 is 43.1 Å². The van der Waals surface area contributed by atoms with Gasteiger partial charge in [0.25, 0.3) is 11.8 Å². The topological polar surface area (TPSA) is 371 Å². The van der Waals surface area contributed by atoms with Crippen LogP contribution >= 0.6 is 0 Å². The Hall–Kier alpha value is -7.23. The summed E-state index contributed by atoms with van der Waals surface area (Å²) in [7, 11) is -6.61. The van der Waals surface area contributed by atoms with Gasteiger partial charge in [-0.05, 0) is 132 Å². The molecular weight excluding hydrogens is 1050 g/mol. The number of carbonyl (C=O) groups is 5. The molecule has 6 unspecified atom stereocenters. The average Bonchev–Trinajstić information content (AvgIpc) is 4.22. The highest BCUT2D eigenvalue weighted by molar-refractivity contribution is 7.91. The Morgan fingerprint density at radius 1 is 0.679 bits per heavy atom. The van der Waals surface area contributed by atoms with Gasteiger partial charge in [-0.2, -0.15) is 0 Å². The Morgan fingerprint density at radius 3 is 1.56 bits per heavy atom. The molecule has 10 rings (SSSR count). The number of fused-ring (bicyclic) bond motifs is 2. The number of carboxylic acids is 1. The van der Waals surface area contributed by atoms with Crippen LogP contribution in [0.3, 0.4) is 0 Å². The predicted octanol–water partition coefficient (Wildman–Crippen LogP) is 2.11. The molecule has 4 aliphatic heterocycles. The number of anilines is 6. The summed E-state index contributed by atoms with van der Waals surface area (Å²) in [4.78, 5) is 82.3. The molecule has 6 fully saturated rings. The maximum absolute atomic E-state index is 12.7. The van der Waals surface area contributed by atoms with Crippen molar-refractivity contribution < 1.29 is 50.7 Å². The number of nitrogens with zero attached hydrogens (tertiary/aromatic N) is 7. The molecule has 6 heterocycles. The lowest BCUT2D eigenvalue weighted by Gasteiger charge is -2.34. The Labute approximate surface area is 452 Å². The number of carbonyl (C=O) groups excluding carboxylic acids is 4. The van der Waals surface area contributed by atoms with Crippen molar-refractivity contribution in [3.8, 4) is 0 Å². The molecule has 4 amide bonds. The van der Waals surface area contributed by atoms with E-state index in [0.717, 1.165) is 64.4 Å². The normalized spacial score (nSPS) is 24.2. The lowest BCUT2D eigenvalue weighted by molar-refractivity contribution is -0.139. The van der Waals surface area contributed by atoms with E-state index in [2.05, 4.69) is 41.2 Å². The van der Waals surface area contributed by atoms with E-state index in [1.807, 2.05) is 30.6 Å². The number of piperidine rings is 4. The van der Waals surface area contributed by atoms with Crippen molar-refractivity contribution in [2.24, 2.45) is 52.7 Å². The number of sulfone groups is 2. The van der Waals surface area contributed by atoms with Crippen LogP contribution in [0, 0.1) is 35.5 Å². The number of rotatable bonds is 13. The van der Waals surface area contributed by atoms with Crippen LogP contribution in [0.2, 0.25) is 0 Å². The first-order chi connectivity index (χ1) is 36.7. The van der Waals surface area contributed by atoms with Gasteiger partial charge < -0.3 is 63.0 Å². The van der Waals surface area contributed by atoms with Crippen molar-refractivity contribution in [2.75, 3.05) is 85.3 Å². The smallest absolute Gasteiger partial charge is 0.410 e. The molecule has 11 N–H and O–H groups in total. The summed E-state index contributed by atoms with van der Waals surface area (Å²) in [5.41, 5.74) is 17.5. The molecule has 2 aromatic heterocycles. The zero-order valence-corrected chi connectivity index (χ0v) is 45.7. The van der Waals surface area contributed by atoms with Crippen molar-refractivity contribution in [3.63, 3.8) is 0 Å². The number of aromatic nitrogens is 4. The molecule has 420 valence electrons. The molecule has 78 heavy (non-hydrogen) atoms. The zero-order chi connectivity index (χ0) is 56.4.